The van der Waals surface area contributed by atoms with Crippen LogP contribution in [0.3, 0.4) is 0 Å². The van der Waals surface area contributed by atoms with Crippen molar-refractivity contribution in [3.8, 4) is 0 Å². The Kier molecular flexibility index (Phi) is 8.29. The summed E-state index contributed by atoms with van der Waals surface area (Å²) in [6, 6.07) is 14.7. The van der Waals surface area contributed by atoms with Crippen molar-refractivity contribution in [2.24, 2.45) is 0 Å². The number of nitrogens with one attached hydrogen (secondary N) is 1. The molecule has 2 aromatic carbocycles. The zero-order valence-corrected chi connectivity index (χ0v) is 19.7. The molecule has 0 radical (unpaired) electrons. The van der Waals surface area contributed by atoms with Gasteiger partial charge in [-0.3, -0.25) is 9.59 Å². The Bertz CT molecular complexity index is 847. The van der Waals surface area contributed by atoms with Crippen LogP contribution in [0.5, 0.6) is 0 Å². The Labute approximate surface area is 186 Å². The first-order chi connectivity index (χ1) is 13.6. The molecule has 4 nitrogen and oxygen atoms in total. The molecule has 0 aromatic heterocycles. The van der Waals surface area contributed by atoms with E-state index in [1.165, 1.54) is 0 Å². The first-order valence-electron chi connectivity index (χ1n) is 9.66. The minimum Gasteiger partial charge on any atom is -0.350 e. The number of benzene rings is 2. The van der Waals surface area contributed by atoms with Gasteiger partial charge in [-0.05, 0) is 63.4 Å². The highest BCUT2D eigenvalue weighted by Gasteiger charge is 2.28. The van der Waals surface area contributed by atoms with Crippen molar-refractivity contribution in [3.63, 3.8) is 0 Å². The fourth-order valence-corrected chi connectivity index (χ4v) is 3.42. The largest absolute Gasteiger partial charge is 0.350 e. The lowest BCUT2D eigenvalue weighted by Crippen LogP contribution is -2.52. The standard InChI is InChI=1S/C23H28BrClN2O2/c1-16(22(29)26-23(2,3)4)27(15-17-9-12-19(24)13-10-17)21(28)14-11-18-7-5-6-8-20(18)25/h5-10,12-13,16H,11,14-15H2,1-4H3,(H,26,29)/t16-/m1/s1. The van der Waals surface area contributed by atoms with E-state index in [4.69, 9.17) is 11.6 Å². The third-order valence-corrected chi connectivity index (χ3v) is 5.40. The fourth-order valence-electron chi connectivity index (χ4n) is 2.93. The number of hydrogen-bond donors (Lipinski definition) is 1. The smallest absolute Gasteiger partial charge is 0.242 e. The average Bonchev–Trinajstić information content (AvgIpc) is 2.64. The molecule has 0 bridgehead atoms. The summed E-state index contributed by atoms with van der Waals surface area (Å²) in [4.78, 5) is 27.5. The van der Waals surface area contributed by atoms with Gasteiger partial charge in [0.25, 0.3) is 0 Å². The molecule has 1 N–H and O–H groups in total. The molecule has 2 amide bonds. The summed E-state index contributed by atoms with van der Waals surface area (Å²) >= 11 is 9.65. The van der Waals surface area contributed by atoms with Gasteiger partial charge in [-0.2, -0.15) is 0 Å². The highest BCUT2D eigenvalue weighted by Crippen LogP contribution is 2.19. The molecule has 0 aliphatic rings. The van der Waals surface area contributed by atoms with Crippen LogP contribution in [0.1, 0.15) is 45.2 Å². The summed E-state index contributed by atoms with van der Waals surface area (Å²) in [5.74, 6) is -0.245. The molecule has 2 aromatic rings. The molecule has 0 aliphatic carbocycles. The first-order valence-corrected chi connectivity index (χ1v) is 10.8. The SMILES string of the molecule is C[C@H](C(=O)NC(C)(C)C)N(Cc1ccc(Br)cc1)C(=O)CCc1ccccc1Cl. The second-order valence-corrected chi connectivity index (χ2v) is 9.48. The lowest BCUT2D eigenvalue weighted by Gasteiger charge is -2.31. The van der Waals surface area contributed by atoms with Crippen LogP contribution in [0.4, 0.5) is 0 Å². The van der Waals surface area contributed by atoms with Gasteiger partial charge in [-0.1, -0.05) is 57.9 Å². The van der Waals surface area contributed by atoms with Crippen LogP contribution in [-0.2, 0) is 22.6 Å². The van der Waals surface area contributed by atoms with Gasteiger partial charge in [0.1, 0.15) is 6.04 Å². The van der Waals surface area contributed by atoms with E-state index in [1.807, 2.05) is 69.3 Å². The van der Waals surface area contributed by atoms with Crippen LogP contribution in [-0.4, -0.2) is 28.3 Å². The van der Waals surface area contributed by atoms with E-state index in [1.54, 1.807) is 11.8 Å². The molecular formula is C23H28BrClN2O2. The van der Waals surface area contributed by atoms with Gasteiger partial charge in [-0.15, -0.1) is 0 Å². The molecular weight excluding hydrogens is 452 g/mol. The minimum absolute atomic E-state index is 0.0793. The Morgan fingerprint density at radius 1 is 1.10 bits per heavy atom. The number of aryl methyl sites for hydroxylation is 1. The van der Waals surface area contributed by atoms with Crippen molar-refractivity contribution < 1.29 is 9.59 Å². The van der Waals surface area contributed by atoms with E-state index >= 15 is 0 Å². The molecule has 0 heterocycles. The van der Waals surface area contributed by atoms with E-state index in [2.05, 4.69) is 21.2 Å². The lowest BCUT2D eigenvalue weighted by atomic mass is 10.1. The predicted molar refractivity (Wildman–Crippen MR) is 122 cm³/mol. The second-order valence-electron chi connectivity index (χ2n) is 8.15. The zero-order chi connectivity index (χ0) is 21.6. The summed E-state index contributed by atoms with van der Waals surface area (Å²) in [7, 11) is 0. The fraction of sp³-hybridized carbons (Fsp3) is 0.391. The van der Waals surface area contributed by atoms with Gasteiger partial charge >= 0.3 is 0 Å². The van der Waals surface area contributed by atoms with E-state index in [9.17, 15) is 9.59 Å². The molecule has 0 spiro atoms. The number of carbonyl (C=O) groups excluding carboxylic acids is 2. The van der Waals surface area contributed by atoms with Crippen LogP contribution in [0.2, 0.25) is 5.02 Å². The molecule has 1 atom stereocenters. The number of nitrogens with zero attached hydrogens (tertiary/aromatic N) is 1. The molecule has 0 unspecified atom stereocenters. The maximum absolute atomic E-state index is 13.1. The number of amides is 2. The summed E-state index contributed by atoms with van der Waals surface area (Å²) in [6.07, 6.45) is 0.816. The van der Waals surface area contributed by atoms with Gasteiger partial charge in [0.15, 0.2) is 0 Å². The minimum atomic E-state index is -0.586. The number of carbonyl (C=O) groups is 2. The van der Waals surface area contributed by atoms with Gasteiger partial charge in [0.2, 0.25) is 11.8 Å². The Hall–Kier alpha value is -1.85. The Morgan fingerprint density at radius 2 is 1.72 bits per heavy atom. The molecule has 0 fully saturated rings. The number of halogens is 2. The third kappa shape index (κ3) is 7.48. The first kappa shape index (κ1) is 23.4. The Morgan fingerprint density at radius 3 is 2.31 bits per heavy atom. The van der Waals surface area contributed by atoms with Crippen molar-refractivity contribution in [3.05, 3.63) is 69.2 Å². The highest BCUT2D eigenvalue weighted by molar-refractivity contribution is 9.10. The molecule has 0 saturated carbocycles. The summed E-state index contributed by atoms with van der Waals surface area (Å²) < 4.78 is 0.969. The quantitative estimate of drug-likeness (QED) is 0.580. The topological polar surface area (TPSA) is 49.4 Å². The second kappa shape index (κ2) is 10.3. The lowest BCUT2D eigenvalue weighted by molar-refractivity contribution is -0.141. The average molecular weight is 480 g/mol. The van der Waals surface area contributed by atoms with Crippen LogP contribution < -0.4 is 5.32 Å². The molecule has 2 rings (SSSR count). The summed E-state index contributed by atoms with van der Waals surface area (Å²) in [5, 5.41) is 3.62. The molecule has 29 heavy (non-hydrogen) atoms. The van der Waals surface area contributed by atoms with Gasteiger partial charge in [0, 0.05) is 28.0 Å². The molecule has 0 aliphatic heterocycles. The van der Waals surface area contributed by atoms with Gasteiger partial charge in [-0.25, -0.2) is 0 Å². The van der Waals surface area contributed by atoms with E-state index in [0.717, 1.165) is 15.6 Å². The monoisotopic (exact) mass is 478 g/mol. The van der Waals surface area contributed by atoms with E-state index < -0.39 is 6.04 Å². The molecule has 6 heteroatoms. The van der Waals surface area contributed by atoms with Crippen LogP contribution >= 0.6 is 27.5 Å². The van der Waals surface area contributed by atoms with Gasteiger partial charge < -0.3 is 10.2 Å². The van der Waals surface area contributed by atoms with Crippen molar-refractivity contribution in [1.82, 2.24) is 10.2 Å². The maximum atomic E-state index is 13.1. The van der Waals surface area contributed by atoms with Crippen molar-refractivity contribution in [1.29, 1.82) is 0 Å². The van der Waals surface area contributed by atoms with E-state index in [0.29, 0.717) is 18.0 Å². The summed E-state index contributed by atoms with van der Waals surface area (Å²) in [6.45, 7) is 7.92. The van der Waals surface area contributed by atoms with Crippen molar-refractivity contribution >= 4 is 39.3 Å². The van der Waals surface area contributed by atoms with Crippen LogP contribution in [0, 0.1) is 0 Å². The van der Waals surface area contributed by atoms with Gasteiger partial charge in [0.05, 0.1) is 0 Å². The highest BCUT2D eigenvalue weighted by atomic mass is 79.9. The van der Waals surface area contributed by atoms with Crippen molar-refractivity contribution in [2.45, 2.75) is 58.7 Å². The molecule has 156 valence electrons. The number of rotatable bonds is 7. The normalized spacial score (nSPS) is 12.3. The maximum Gasteiger partial charge on any atom is 0.242 e. The number of hydrogen-bond acceptors (Lipinski definition) is 2. The predicted octanol–water partition coefficient (Wildman–Crippen LogP) is 5.37. The van der Waals surface area contributed by atoms with Crippen LogP contribution in [0.15, 0.2) is 53.0 Å². The van der Waals surface area contributed by atoms with Crippen LogP contribution in [0.25, 0.3) is 0 Å². The summed E-state index contributed by atoms with van der Waals surface area (Å²) in [5.41, 5.74) is 1.53. The zero-order valence-electron chi connectivity index (χ0n) is 17.3. The van der Waals surface area contributed by atoms with Crippen molar-refractivity contribution in [2.75, 3.05) is 0 Å². The Balaban J connectivity index is 2.18. The van der Waals surface area contributed by atoms with E-state index in [-0.39, 0.29) is 23.8 Å². The third-order valence-electron chi connectivity index (χ3n) is 4.50. The molecule has 0 saturated heterocycles.